The van der Waals surface area contributed by atoms with Crippen LogP contribution in [0, 0.1) is 13.8 Å². The van der Waals surface area contributed by atoms with E-state index in [1.165, 1.54) is 27.5 Å². The summed E-state index contributed by atoms with van der Waals surface area (Å²) in [5.74, 6) is 0. The molecule has 2 aromatic rings. The lowest BCUT2D eigenvalue weighted by atomic mass is 10.2. The fourth-order valence-corrected chi connectivity index (χ4v) is 5.44. The highest BCUT2D eigenvalue weighted by molar-refractivity contribution is 8.16. The van der Waals surface area contributed by atoms with Gasteiger partial charge in [0.1, 0.15) is 0 Å². The van der Waals surface area contributed by atoms with Crippen molar-refractivity contribution in [3.8, 4) is 0 Å². The molecule has 2 aliphatic rings. The Morgan fingerprint density at radius 1 is 1.10 bits per heavy atom. The van der Waals surface area contributed by atoms with Crippen LogP contribution >= 0.6 is 11.8 Å². The molecule has 1 saturated heterocycles. The maximum atomic E-state index is 12.7. The highest BCUT2D eigenvalue weighted by Crippen LogP contribution is 2.26. The molecule has 8 nitrogen and oxygen atoms in total. The zero-order chi connectivity index (χ0) is 21.3. The van der Waals surface area contributed by atoms with Gasteiger partial charge in [0.15, 0.2) is 5.17 Å². The number of aromatic nitrogens is 1. The van der Waals surface area contributed by atoms with Gasteiger partial charge in [-0.3, -0.25) is 10.9 Å². The second-order valence-electron chi connectivity index (χ2n) is 7.17. The molecule has 1 aromatic heterocycles. The molecule has 10 heteroatoms. The average molecular weight is 448 g/mol. The molecule has 0 bridgehead atoms. The van der Waals surface area contributed by atoms with Gasteiger partial charge in [-0.25, -0.2) is 13.4 Å². The number of rotatable bonds is 4. The molecule has 2 aliphatic heterocycles. The molecule has 4 rings (SSSR count). The summed E-state index contributed by atoms with van der Waals surface area (Å²) in [5.41, 5.74) is 11.5. The van der Waals surface area contributed by atoms with Crippen LogP contribution in [0.4, 0.5) is 5.69 Å². The predicted molar refractivity (Wildman–Crippen MR) is 120 cm³/mol. The Morgan fingerprint density at radius 3 is 2.37 bits per heavy atom. The molecular weight excluding hydrogens is 422 g/mol. The number of hydrazine groups is 1. The van der Waals surface area contributed by atoms with E-state index in [-0.39, 0.29) is 4.90 Å². The first-order valence-electron chi connectivity index (χ1n) is 9.65. The number of aryl methyl sites for hydroxylation is 1. The Balaban J connectivity index is 1.47. The van der Waals surface area contributed by atoms with E-state index in [0.717, 1.165) is 11.3 Å². The monoisotopic (exact) mass is 447 g/mol. The maximum Gasteiger partial charge on any atom is 0.243 e. The number of nitrogens with zero attached hydrogens (tertiary/aromatic N) is 3. The summed E-state index contributed by atoms with van der Waals surface area (Å²) in [6, 6.07) is 8.77. The van der Waals surface area contributed by atoms with Crippen LogP contribution in [0.25, 0.3) is 5.70 Å². The Kier molecular flexibility index (Phi) is 5.92. The summed E-state index contributed by atoms with van der Waals surface area (Å²) in [5, 5.41) is 2.71. The zero-order valence-electron chi connectivity index (χ0n) is 17.2. The first kappa shape index (κ1) is 21.0. The number of nitrogens with one attached hydrogen (secondary N) is 2. The number of hydrogen-bond acceptors (Lipinski definition) is 6. The fraction of sp³-hybridized carbons (Fsp3) is 0.350. The molecule has 2 N–H and O–H groups in total. The van der Waals surface area contributed by atoms with E-state index in [9.17, 15) is 8.42 Å². The van der Waals surface area contributed by atoms with Crippen molar-refractivity contribution in [2.24, 2.45) is 12.0 Å². The summed E-state index contributed by atoms with van der Waals surface area (Å²) in [7, 11) is -1.45. The molecule has 0 atom stereocenters. The maximum absolute atomic E-state index is 12.7. The van der Waals surface area contributed by atoms with Crippen molar-refractivity contribution in [1.29, 1.82) is 0 Å². The van der Waals surface area contributed by atoms with Gasteiger partial charge in [-0.2, -0.15) is 4.31 Å². The van der Waals surface area contributed by atoms with Crippen LogP contribution in [0.15, 0.2) is 45.6 Å². The van der Waals surface area contributed by atoms with Crippen molar-refractivity contribution in [3.63, 3.8) is 0 Å². The number of sulfonamides is 1. The molecule has 0 radical (unpaired) electrons. The third-order valence-electron chi connectivity index (χ3n) is 5.33. The van der Waals surface area contributed by atoms with E-state index in [4.69, 9.17) is 4.74 Å². The lowest BCUT2D eigenvalue weighted by Gasteiger charge is -2.26. The minimum absolute atomic E-state index is 0.271. The van der Waals surface area contributed by atoms with Gasteiger partial charge in [-0.05, 0) is 44.2 Å². The molecule has 1 fully saturated rings. The Hall–Kier alpha value is -2.27. The van der Waals surface area contributed by atoms with Gasteiger partial charge >= 0.3 is 0 Å². The fourth-order valence-electron chi connectivity index (χ4n) is 3.35. The normalized spacial score (nSPS) is 19.3. The van der Waals surface area contributed by atoms with E-state index < -0.39 is 10.0 Å². The average Bonchev–Trinajstić information content (AvgIpc) is 3.02. The van der Waals surface area contributed by atoms with Crippen LogP contribution < -0.4 is 10.9 Å². The van der Waals surface area contributed by atoms with Gasteiger partial charge in [-0.1, -0.05) is 11.8 Å². The lowest BCUT2D eigenvalue weighted by Crippen LogP contribution is -2.40. The van der Waals surface area contributed by atoms with Gasteiger partial charge in [-0.15, -0.1) is 0 Å². The highest BCUT2D eigenvalue weighted by Gasteiger charge is 2.26. The van der Waals surface area contributed by atoms with Gasteiger partial charge < -0.3 is 9.30 Å². The molecule has 0 spiro atoms. The van der Waals surface area contributed by atoms with Gasteiger partial charge in [0.2, 0.25) is 10.0 Å². The lowest BCUT2D eigenvalue weighted by molar-refractivity contribution is 0.0730. The topological polar surface area (TPSA) is 88.0 Å². The summed E-state index contributed by atoms with van der Waals surface area (Å²) < 4.78 is 34.3. The zero-order valence-corrected chi connectivity index (χ0v) is 18.8. The van der Waals surface area contributed by atoms with E-state index >= 15 is 0 Å². The quantitative estimate of drug-likeness (QED) is 0.749. The summed E-state index contributed by atoms with van der Waals surface area (Å²) >= 11 is 1.48. The Bertz CT molecular complexity index is 1100. The summed E-state index contributed by atoms with van der Waals surface area (Å²) in [4.78, 5) is 4.83. The number of ether oxygens (including phenoxy) is 1. The van der Waals surface area contributed by atoms with Gasteiger partial charge in [0, 0.05) is 42.5 Å². The highest BCUT2D eigenvalue weighted by atomic mass is 32.2. The molecule has 0 amide bonds. The summed E-state index contributed by atoms with van der Waals surface area (Å²) in [6.45, 7) is 5.79. The van der Waals surface area contributed by atoms with E-state index in [1.54, 1.807) is 24.3 Å². The number of morpholine rings is 1. The molecule has 0 unspecified atom stereocenters. The largest absolute Gasteiger partial charge is 0.379 e. The number of hydrogen-bond donors (Lipinski definition) is 2. The second-order valence-corrected chi connectivity index (χ2v) is 9.97. The standard InChI is InChI=1S/C20H25N5O3S2/c1-14-12-18(15(2)24(14)3)19-13-29-20(23-22-19)21-16-4-6-17(7-5-16)30(26,27)25-8-10-28-11-9-25/h4-7,12-13,22H,8-11H2,1-3H3,(H,21,23). The van der Waals surface area contributed by atoms with Crippen molar-refractivity contribution in [1.82, 2.24) is 19.7 Å². The predicted octanol–water partition coefficient (Wildman–Crippen LogP) is 2.49. The van der Waals surface area contributed by atoms with Crippen LogP contribution in [0.2, 0.25) is 0 Å². The number of thioether (sulfide) groups is 1. The SMILES string of the molecule is Cc1cc(C2=CSC(=Nc3ccc(S(=O)(=O)N4CCOCC4)cc3)NN2)c(C)n1C. The molecule has 0 aliphatic carbocycles. The Morgan fingerprint density at radius 2 is 1.80 bits per heavy atom. The minimum atomic E-state index is -3.50. The van der Waals surface area contributed by atoms with Crippen molar-refractivity contribution >= 4 is 38.3 Å². The first-order valence-corrected chi connectivity index (χ1v) is 12.0. The van der Waals surface area contributed by atoms with E-state index in [1.807, 2.05) is 12.5 Å². The van der Waals surface area contributed by atoms with Crippen LogP contribution in [-0.2, 0) is 21.8 Å². The third-order valence-corrected chi connectivity index (χ3v) is 8.02. The van der Waals surface area contributed by atoms with Crippen molar-refractivity contribution in [2.75, 3.05) is 26.3 Å². The first-order chi connectivity index (χ1) is 14.4. The van der Waals surface area contributed by atoms with Crippen LogP contribution in [0.1, 0.15) is 17.0 Å². The molecule has 30 heavy (non-hydrogen) atoms. The number of aliphatic imine (C=N–C) groups is 1. The van der Waals surface area contributed by atoms with Crippen molar-refractivity contribution in [2.45, 2.75) is 18.7 Å². The van der Waals surface area contributed by atoms with Crippen LogP contribution in [0.3, 0.4) is 0 Å². The van der Waals surface area contributed by atoms with Crippen LogP contribution in [-0.4, -0.2) is 48.8 Å². The van der Waals surface area contributed by atoms with Gasteiger partial charge in [0.25, 0.3) is 0 Å². The van der Waals surface area contributed by atoms with Crippen molar-refractivity contribution < 1.29 is 13.2 Å². The Labute approximate surface area is 181 Å². The second kappa shape index (κ2) is 8.46. The van der Waals surface area contributed by atoms with Crippen LogP contribution in [0.5, 0.6) is 0 Å². The molecule has 0 saturated carbocycles. The number of amidine groups is 1. The smallest absolute Gasteiger partial charge is 0.243 e. The molecule has 3 heterocycles. The molecule has 1 aromatic carbocycles. The molecule has 160 valence electrons. The van der Waals surface area contributed by atoms with E-state index in [0.29, 0.717) is 37.2 Å². The molecular formula is C20H25N5O3S2. The third kappa shape index (κ3) is 4.13. The number of benzene rings is 1. The van der Waals surface area contributed by atoms with Crippen molar-refractivity contribution in [3.05, 3.63) is 52.7 Å². The minimum Gasteiger partial charge on any atom is -0.379 e. The summed E-state index contributed by atoms with van der Waals surface area (Å²) in [6.07, 6.45) is 0. The van der Waals surface area contributed by atoms with E-state index in [2.05, 4.69) is 40.3 Å². The van der Waals surface area contributed by atoms with Gasteiger partial charge in [0.05, 0.1) is 29.5 Å².